The fraction of sp³-hybridized carbons (Fsp3) is 0.529. The fourth-order valence-electron chi connectivity index (χ4n) is 3.06. The zero-order chi connectivity index (χ0) is 20.6. The summed E-state index contributed by atoms with van der Waals surface area (Å²) < 4.78 is 19.6. The van der Waals surface area contributed by atoms with E-state index in [1.807, 2.05) is 0 Å². The first kappa shape index (κ1) is 20.8. The van der Waals surface area contributed by atoms with Crippen LogP contribution < -0.4 is 10.2 Å². The molecule has 0 spiro atoms. The van der Waals surface area contributed by atoms with Crippen LogP contribution in [0.3, 0.4) is 0 Å². The van der Waals surface area contributed by atoms with Gasteiger partial charge >= 0.3 is 6.09 Å². The monoisotopic (exact) mass is 431 g/mol. The number of anilines is 1. The number of alkyl carbamates (subject to hydrolysis) is 1. The van der Waals surface area contributed by atoms with E-state index < -0.39 is 29.7 Å². The highest BCUT2D eigenvalue weighted by molar-refractivity contribution is 6.30. The van der Waals surface area contributed by atoms with Crippen molar-refractivity contribution < 1.29 is 19.0 Å². The normalized spacial score (nSPS) is 20.3. The molecular formula is C17H20Cl2FN5O3. The summed E-state index contributed by atoms with van der Waals surface area (Å²) in [6.45, 7) is 5.81. The van der Waals surface area contributed by atoms with Gasteiger partial charge in [-0.3, -0.25) is 0 Å². The quantitative estimate of drug-likeness (QED) is 0.556. The number of β-amino-alcohol motifs (C(OH)–C–C–N with tert-alkyl or cyclic N) is 1. The molecule has 0 bridgehead atoms. The largest absolute Gasteiger partial charge is 0.444 e. The van der Waals surface area contributed by atoms with Crippen LogP contribution in [0.5, 0.6) is 0 Å². The van der Waals surface area contributed by atoms with Crippen molar-refractivity contribution in [3.8, 4) is 0 Å². The number of carbonyl (C=O) groups excluding carboxylic acids is 1. The molecule has 3 rings (SSSR count). The molecule has 2 aromatic rings. The van der Waals surface area contributed by atoms with Crippen molar-refractivity contribution in [3.63, 3.8) is 0 Å². The van der Waals surface area contributed by atoms with E-state index in [1.165, 1.54) is 6.20 Å². The van der Waals surface area contributed by atoms with E-state index >= 15 is 0 Å². The number of carbonyl (C=O) groups is 1. The number of piperidine rings is 1. The highest BCUT2D eigenvalue weighted by atomic mass is 35.5. The maximum atomic E-state index is 14.3. The van der Waals surface area contributed by atoms with Crippen molar-refractivity contribution in [2.75, 3.05) is 18.0 Å². The summed E-state index contributed by atoms with van der Waals surface area (Å²) in [4.78, 5) is 25.6. The molecule has 0 aliphatic carbocycles. The fourth-order valence-corrected chi connectivity index (χ4v) is 3.36. The lowest BCUT2D eigenvalue weighted by atomic mass is 10.0. The molecule has 11 heteroatoms. The van der Waals surface area contributed by atoms with E-state index in [1.54, 1.807) is 25.7 Å². The minimum Gasteiger partial charge on any atom is -0.444 e. The Bertz CT molecular complexity index is 908. The first-order valence-electron chi connectivity index (χ1n) is 8.63. The highest BCUT2D eigenvalue weighted by Crippen LogP contribution is 2.30. The molecule has 152 valence electrons. The number of fused-ring (bicyclic) bond motifs is 1. The number of nitrogens with zero attached hydrogens (tertiary/aromatic N) is 4. The molecule has 3 heterocycles. The minimum absolute atomic E-state index is 0.0632. The molecule has 2 N–H and O–H groups in total. The van der Waals surface area contributed by atoms with Crippen molar-refractivity contribution in [3.05, 3.63) is 22.5 Å². The van der Waals surface area contributed by atoms with Gasteiger partial charge in [0, 0.05) is 19.3 Å². The first-order chi connectivity index (χ1) is 13.0. The summed E-state index contributed by atoms with van der Waals surface area (Å²) >= 11 is 11.7. The minimum atomic E-state index is -0.800. The van der Waals surface area contributed by atoms with Crippen LogP contribution in [0, 0.1) is 5.82 Å². The number of hydrogen-bond acceptors (Lipinski definition) is 7. The van der Waals surface area contributed by atoms with Crippen molar-refractivity contribution >= 4 is 46.0 Å². The lowest BCUT2D eigenvalue weighted by Crippen LogP contribution is -2.53. The van der Waals surface area contributed by atoms with Gasteiger partial charge < -0.3 is 20.1 Å². The number of nitrogens with one attached hydrogen (secondary N) is 1. The Hall–Kier alpha value is -1.97. The topological polar surface area (TPSA) is 100 Å². The molecule has 0 saturated carbocycles. The summed E-state index contributed by atoms with van der Waals surface area (Å²) in [6.07, 6.45) is 0.355. The van der Waals surface area contributed by atoms with Gasteiger partial charge in [0.15, 0.2) is 11.0 Å². The smallest absolute Gasteiger partial charge is 0.407 e. The zero-order valence-corrected chi connectivity index (χ0v) is 17.1. The van der Waals surface area contributed by atoms with E-state index in [-0.39, 0.29) is 22.5 Å². The van der Waals surface area contributed by atoms with Crippen LogP contribution in [0.1, 0.15) is 27.2 Å². The lowest BCUT2D eigenvalue weighted by molar-refractivity contribution is 0.0473. The van der Waals surface area contributed by atoms with Crippen LogP contribution in [-0.4, -0.2) is 57.0 Å². The van der Waals surface area contributed by atoms with Crippen LogP contribution in [0.2, 0.25) is 10.4 Å². The van der Waals surface area contributed by atoms with Gasteiger partial charge in [-0.1, -0.05) is 11.6 Å². The average Bonchev–Trinajstić information content (AvgIpc) is 2.55. The van der Waals surface area contributed by atoms with Crippen molar-refractivity contribution in [1.82, 2.24) is 20.3 Å². The second kappa shape index (κ2) is 7.81. The number of halogens is 3. The van der Waals surface area contributed by atoms with Gasteiger partial charge in [-0.25, -0.2) is 19.2 Å². The van der Waals surface area contributed by atoms with Crippen molar-refractivity contribution in [1.29, 1.82) is 0 Å². The third kappa shape index (κ3) is 4.71. The molecule has 0 radical (unpaired) electrons. The molecule has 1 amide bonds. The highest BCUT2D eigenvalue weighted by Gasteiger charge is 2.31. The Labute approximate surface area is 171 Å². The number of hydrogen-bond donors (Lipinski definition) is 2. The Balaban J connectivity index is 1.89. The zero-order valence-electron chi connectivity index (χ0n) is 15.5. The number of aromatic nitrogens is 3. The summed E-state index contributed by atoms with van der Waals surface area (Å²) in [5.74, 6) is -0.501. The van der Waals surface area contributed by atoms with Crippen LogP contribution >= 0.6 is 23.2 Å². The Morgan fingerprint density at radius 1 is 1.36 bits per heavy atom. The number of ether oxygens (including phenoxy) is 1. The van der Waals surface area contributed by atoms with Crippen molar-refractivity contribution in [2.24, 2.45) is 0 Å². The van der Waals surface area contributed by atoms with E-state index in [0.717, 1.165) is 0 Å². The number of aliphatic hydroxyl groups excluding tert-OH is 1. The molecule has 1 fully saturated rings. The lowest BCUT2D eigenvalue weighted by Gasteiger charge is -2.37. The molecule has 1 saturated heterocycles. The third-order valence-electron chi connectivity index (χ3n) is 4.04. The summed E-state index contributed by atoms with van der Waals surface area (Å²) in [7, 11) is 0. The number of pyridine rings is 1. The predicted octanol–water partition coefficient (Wildman–Crippen LogP) is 2.94. The van der Waals surface area contributed by atoms with Gasteiger partial charge in [-0.05, 0) is 38.8 Å². The maximum absolute atomic E-state index is 14.3. The van der Waals surface area contributed by atoms with Gasteiger partial charge in [0.1, 0.15) is 16.9 Å². The van der Waals surface area contributed by atoms with Crippen LogP contribution in [-0.2, 0) is 4.74 Å². The first-order valence-corrected chi connectivity index (χ1v) is 9.39. The number of rotatable bonds is 2. The molecular weight excluding hydrogens is 412 g/mol. The second-order valence-corrected chi connectivity index (χ2v) is 8.28. The summed E-state index contributed by atoms with van der Waals surface area (Å²) in [5, 5.41) is 12.8. The molecule has 0 aromatic carbocycles. The molecule has 0 unspecified atom stereocenters. The average molecular weight is 432 g/mol. The second-order valence-electron chi connectivity index (χ2n) is 7.58. The molecule has 2 aromatic heterocycles. The molecule has 2 atom stereocenters. The van der Waals surface area contributed by atoms with Gasteiger partial charge in [-0.15, -0.1) is 0 Å². The van der Waals surface area contributed by atoms with Gasteiger partial charge in [-0.2, -0.15) is 4.98 Å². The van der Waals surface area contributed by atoms with E-state index in [0.29, 0.717) is 24.2 Å². The Morgan fingerprint density at radius 3 is 2.75 bits per heavy atom. The Kier molecular flexibility index (Phi) is 5.79. The van der Waals surface area contributed by atoms with Crippen molar-refractivity contribution in [2.45, 2.75) is 44.9 Å². The molecule has 28 heavy (non-hydrogen) atoms. The van der Waals surface area contributed by atoms with Gasteiger partial charge in [0.2, 0.25) is 5.28 Å². The third-order valence-corrected chi connectivity index (χ3v) is 4.48. The number of aliphatic hydroxyl groups is 1. The molecule has 1 aliphatic heterocycles. The number of amides is 1. The predicted molar refractivity (Wildman–Crippen MR) is 103 cm³/mol. The molecule has 1 aliphatic rings. The Morgan fingerprint density at radius 2 is 2.07 bits per heavy atom. The summed E-state index contributed by atoms with van der Waals surface area (Å²) in [5.41, 5.74) is -0.706. The van der Waals surface area contributed by atoms with Gasteiger partial charge in [0.25, 0.3) is 0 Å². The van der Waals surface area contributed by atoms with Crippen LogP contribution in [0.25, 0.3) is 10.9 Å². The van der Waals surface area contributed by atoms with Crippen LogP contribution in [0.15, 0.2) is 6.20 Å². The standard InChI is InChI=1S/C17H20Cl2FN5O3/c1-17(2,3)28-16(27)22-8-4-9(26)7-25(6-8)14-10-5-21-13(18)11(20)12(10)23-15(19)24-14/h5,8-9,26H,4,6-7H2,1-3H3,(H,22,27)/t8-,9-/m0/s1. The van der Waals surface area contributed by atoms with E-state index in [4.69, 9.17) is 27.9 Å². The van der Waals surface area contributed by atoms with Crippen LogP contribution in [0.4, 0.5) is 15.0 Å². The maximum Gasteiger partial charge on any atom is 0.407 e. The van der Waals surface area contributed by atoms with E-state index in [9.17, 15) is 14.3 Å². The SMILES string of the molecule is CC(C)(C)OC(=O)N[C@H]1C[C@H](O)CN(c2nc(Cl)nc3c(F)c(Cl)ncc23)C1. The van der Waals surface area contributed by atoms with E-state index in [2.05, 4.69) is 20.3 Å². The molecule has 8 nitrogen and oxygen atoms in total. The van der Waals surface area contributed by atoms with Gasteiger partial charge in [0.05, 0.1) is 17.5 Å². The summed E-state index contributed by atoms with van der Waals surface area (Å²) in [6, 6.07) is -0.410.